The Kier molecular flexibility index (Phi) is 4.89. The van der Waals surface area contributed by atoms with Crippen LogP contribution in [-0.4, -0.2) is 0 Å². The van der Waals surface area contributed by atoms with Crippen molar-refractivity contribution in [3.63, 3.8) is 0 Å². The van der Waals surface area contributed by atoms with Crippen molar-refractivity contribution >= 4 is 27.5 Å². The predicted octanol–water partition coefficient (Wildman–Crippen LogP) is 6.15. The van der Waals surface area contributed by atoms with Gasteiger partial charge in [0, 0.05) is 10.9 Å². The normalized spacial score (nSPS) is 10.8. The number of alkyl halides is 1. The average Bonchev–Trinajstić information content (AvgIpc) is 2.41. The molecule has 0 saturated carbocycles. The molecule has 100 valence electrons. The lowest BCUT2D eigenvalue weighted by molar-refractivity contribution is 0.469. The Labute approximate surface area is 127 Å². The summed E-state index contributed by atoms with van der Waals surface area (Å²) in [4.78, 5) is 0. The van der Waals surface area contributed by atoms with E-state index in [0.717, 1.165) is 17.1 Å². The Hall–Kier alpha value is -0.990. The first kappa shape index (κ1) is 14.4. The molecule has 0 aliphatic heterocycles. The highest BCUT2D eigenvalue weighted by Gasteiger charge is 2.12. The summed E-state index contributed by atoms with van der Waals surface area (Å²) in [5.41, 5.74) is 2.23. The molecule has 0 atom stereocenters. The van der Waals surface area contributed by atoms with E-state index in [9.17, 15) is 0 Å². The Morgan fingerprint density at radius 1 is 1.11 bits per heavy atom. The molecule has 0 amide bonds. The fourth-order valence-corrected chi connectivity index (χ4v) is 2.61. The standard InChI is InChI=1S/C16H16BrClO/c1-11(2)13-7-3-4-9-15(13)19-16-12(10-17)6-5-8-14(16)18/h3-9,11H,10H2,1-2H3. The lowest BCUT2D eigenvalue weighted by atomic mass is 10.0. The quantitative estimate of drug-likeness (QED) is 0.607. The van der Waals surface area contributed by atoms with Crippen LogP contribution in [0.5, 0.6) is 11.5 Å². The smallest absolute Gasteiger partial charge is 0.150 e. The van der Waals surface area contributed by atoms with Crippen LogP contribution in [0.2, 0.25) is 5.02 Å². The highest BCUT2D eigenvalue weighted by atomic mass is 79.9. The van der Waals surface area contributed by atoms with Gasteiger partial charge in [-0.2, -0.15) is 0 Å². The first-order valence-electron chi connectivity index (χ1n) is 6.23. The van der Waals surface area contributed by atoms with Crippen molar-refractivity contribution in [3.8, 4) is 11.5 Å². The van der Waals surface area contributed by atoms with Crippen LogP contribution in [0.15, 0.2) is 42.5 Å². The molecular weight excluding hydrogens is 324 g/mol. The summed E-state index contributed by atoms with van der Waals surface area (Å²) in [6.45, 7) is 4.31. The molecule has 0 fully saturated rings. The molecule has 0 aliphatic carbocycles. The van der Waals surface area contributed by atoms with Crippen LogP contribution in [0, 0.1) is 0 Å². The monoisotopic (exact) mass is 338 g/mol. The molecule has 0 radical (unpaired) electrons. The first-order valence-corrected chi connectivity index (χ1v) is 7.73. The Balaban J connectivity index is 2.42. The second kappa shape index (κ2) is 6.44. The molecular formula is C16H16BrClO. The van der Waals surface area contributed by atoms with E-state index >= 15 is 0 Å². The van der Waals surface area contributed by atoms with Crippen molar-refractivity contribution in [2.45, 2.75) is 25.1 Å². The largest absolute Gasteiger partial charge is 0.455 e. The maximum atomic E-state index is 6.24. The van der Waals surface area contributed by atoms with Gasteiger partial charge in [-0.1, -0.05) is 71.7 Å². The van der Waals surface area contributed by atoms with Gasteiger partial charge in [-0.05, 0) is 23.6 Å². The fraction of sp³-hybridized carbons (Fsp3) is 0.250. The zero-order valence-corrected chi connectivity index (χ0v) is 13.3. The second-order valence-corrected chi connectivity index (χ2v) is 5.62. The van der Waals surface area contributed by atoms with Gasteiger partial charge in [0.15, 0.2) is 0 Å². The predicted molar refractivity (Wildman–Crippen MR) is 84.7 cm³/mol. The van der Waals surface area contributed by atoms with Gasteiger partial charge in [-0.15, -0.1) is 0 Å². The number of halogens is 2. The minimum absolute atomic E-state index is 0.408. The van der Waals surface area contributed by atoms with E-state index in [1.165, 1.54) is 5.56 Å². The number of rotatable bonds is 4. The lowest BCUT2D eigenvalue weighted by Crippen LogP contribution is -1.96. The number of hydrogen-bond acceptors (Lipinski definition) is 1. The molecule has 1 nitrogen and oxygen atoms in total. The van der Waals surface area contributed by atoms with Gasteiger partial charge in [0.1, 0.15) is 11.5 Å². The summed E-state index contributed by atoms with van der Waals surface area (Å²) in [6.07, 6.45) is 0. The van der Waals surface area contributed by atoms with Gasteiger partial charge in [-0.3, -0.25) is 0 Å². The molecule has 0 aliphatic rings. The van der Waals surface area contributed by atoms with Gasteiger partial charge in [0.2, 0.25) is 0 Å². The number of ether oxygens (including phenoxy) is 1. The number of para-hydroxylation sites is 2. The first-order chi connectivity index (χ1) is 9.13. The van der Waals surface area contributed by atoms with E-state index in [4.69, 9.17) is 16.3 Å². The lowest BCUT2D eigenvalue weighted by Gasteiger charge is -2.16. The summed E-state index contributed by atoms with van der Waals surface area (Å²) in [7, 11) is 0. The van der Waals surface area contributed by atoms with Crippen LogP contribution < -0.4 is 4.74 Å². The van der Waals surface area contributed by atoms with Crippen LogP contribution in [0.25, 0.3) is 0 Å². The summed E-state index contributed by atoms with van der Waals surface area (Å²) in [5, 5.41) is 1.35. The fourth-order valence-electron chi connectivity index (χ4n) is 1.93. The summed E-state index contributed by atoms with van der Waals surface area (Å²) < 4.78 is 6.06. The zero-order valence-electron chi connectivity index (χ0n) is 11.0. The summed E-state index contributed by atoms with van der Waals surface area (Å²) >= 11 is 9.71. The van der Waals surface area contributed by atoms with Crippen LogP contribution in [-0.2, 0) is 5.33 Å². The molecule has 0 unspecified atom stereocenters. The van der Waals surface area contributed by atoms with Crippen molar-refractivity contribution in [2.24, 2.45) is 0 Å². The molecule has 19 heavy (non-hydrogen) atoms. The van der Waals surface area contributed by atoms with E-state index in [2.05, 4.69) is 35.8 Å². The van der Waals surface area contributed by atoms with Crippen LogP contribution >= 0.6 is 27.5 Å². The third-order valence-electron chi connectivity index (χ3n) is 2.95. The summed E-state index contributed by atoms with van der Waals surface area (Å²) in [6, 6.07) is 13.9. The van der Waals surface area contributed by atoms with Crippen molar-refractivity contribution in [1.82, 2.24) is 0 Å². The molecule has 2 rings (SSSR count). The highest BCUT2D eigenvalue weighted by molar-refractivity contribution is 9.08. The van der Waals surface area contributed by atoms with E-state index in [0.29, 0.717) is 16.3 Å². The zero-order chi connectivity index (χ0) is 13.8. The van der Waals surface area contributed by atoms with E-state index < -0.39 is 0 Å². The molecule has 0 bridgehead atoms. The molecule has 0 aromatic heterocycles. The second-order valence-electron chi connectivity index (χ2n) is 4.66. The van der Waals surface area contributed by atoms with Gasteiger partial charge in [-0.25, -0.2) is 0 Å². The number of benzene rings is 2. The molecule has 3 heteroatoms. The third kappa shape index (κ3) is 3.31. The minimum Gasteiger partial charge on any atom is -0.455 e. The van der Waals surface area contributed by atoms with Crippen molar-refractivity contribution < 1.29 is 4.74 Å². The molecule has 0 heterocycles. The molecule has 0 N–H and O–H groups in total. The average molecular weight is 340 g/mol. The van der Waals surface area contributed by atoms with Crippen molar-refractivity contribution in [1.29, 1.82) is 0 Å². The Bertz CT molecular complexity index is 566. The van der Waals surface area contributed by atoms with Gasteiger partial charge >= 0.3 is 0 Å². The van der Waals surface area contributed by atoms with Crippen LogP contribution in [0.1, 0.15) is 30.9 Å². The van der Waals surface area contributed by atoms with E-state index in [1.54, 1.807) is 0 Å². The van der Waals surface area contributed by atoms with Gasteiger partial charge < -0.3 is 4.74 Å². The SMILES string of the molecule is CC(C)c1ccccc1Oc1c(Cl)cccc1CBr. The van der Waals surface area contributed by atoms with Crippen molar-refractivity contribution in [2.75, 3.05) is 0 Å². The number of hydrogen-bond donors (Lipinski definition) is 0. The molecule has 2 aromatic carbocycles. The van der Waals surface area contributed by atoms with Crippen LogP contribution in [0.4, 0.5) is 0 Å². The minimum atomic E-state index is 0.408. The third-order valence-corrected chi connectivity index (χ3v) is 3.85. The Morgan fingerprint density at radius 2 is 1.84 bits per heavy atom. The molecule has 0 saturated heterocycles. The summed E-state index contributed by atoms with van der Waals surface area (Å²) in [5.74, 6) is 2.01. The maximum Gasteiger partial charge on any atom is 0.150 e. The van der Waals surface area contributed by atoms with E-state index in [1.807, 2.05) is 36.4 Å². The Morgan fingerprint density at radius 3 is 2.53 bits per heavy atom. The van der Waals surface area contributed by atoms with Gasteiger partial charge in [0.05, 0.1) is 5.02 Å². The van der Waals surface area contributed by atoms with Crippen molar-refractivity contribution in [3.05, 3.63) is 58.6 Å². The van der Waals surface area contributed by atoms with E-state index in [-0.39, 0.29) is 0 Å². The highest BCUT2D eigenvalue weighted by Crippen LogP contribution is 2.37. The van der Waals surface area contributed by atoms with Gasteiger partial charge in [0.25, 0.3) is 0 Å². The maximum absolute atomic E-state index is 6.24. The van der Waals surface area contributed by atoms with Crippen LogP contribution in [0.3, 0.4) is 0 Å². The molecule has 2 aromatic rings. The topological polar surface area (TPSA) is 9.23 Å². The molecule has 0 spiro atoms.